The summed E-state index contributed by atoms with van der Waals surface area (Å²) in [4.78, 5) is 4.50. The van der Waals surface area contributed by atoms with Gasteiger partial charge >= 0.3 is 0 Å². The third-order valence-electron chi connectivity index (χ3n) is 3.43. The van der Waals surface area contributed by atoms with Gasteiger partial charge in [-0.1, -0.05) is 36.4 Å². The van der Waals surface area contributed by atoms with Crippen LogP contribution in [0.3, 0.4) is 0 Å². The predicted molar refractivity (Wildman–Crippen MR) is 82.4 cm³/mol. The van der Waals surface area contributed by atoms with Crippen molar-refractivity contribution in [2.45, 2.75) is 6.92 Å². The normalized spacial score (nSPS) is 10.8. The Bertz CT molecular complexity index is 794. The lowest BCUT2D eigenvalue weighted by Crippen LogP contribution is -2.13. The molecule has 0 saturated carbocycles. The standard InChI is InChI=1S/C16H15FN4/c1-10-7-8-12(17)9-13(10)14-15(18)21(19)16(20-14)11-5-3-2-4-6-11/h2-9H,18-19H2,1H3. The average molecular weight is 282 g/mol. The van der Waals surface area contributed by atoms with Crippen molar-refractivity contribution >= 4 is 5.82 Å². The summed E-state index contributed by atoms with van der Waals surface area (Å²) >= 11 is 0. The van der Waals surface area contributed by atoms with Crippen LogP contribution in [0.15, 0.2) is 48.5 Å². The second-order valence-corrected chi connectivity index (χ2v) is 4.86. The van der Waals surface area contributed by atoms with E-state index >= 15 is 0 Å². The first-order valence-corrected chi connectivity index (χ1v) is 6.53. The van der Waals surface area contributed by atoms with Crippen molar-refractivity contribution in [2.24, 2.45) is 0 Å². The largest absolute Gasteiger partial charge is 0.382 e. The van der Waals surface area contributed by atoms with Crippen LogP contribution in [0.2, 0.25) is 0 Å². The number of aromatic nitrogens is 2. The molecule has 106 valence electrons. The van der Waals surface area contributed by atoms with E-state index in [1.807, 2.05) is 37.3 Å². The van der Waals surface area contributed by atoms with Crippen molar-refractivity contribution in [1.82, 2.24) is 9.66 Å². The van der Waals surface area contributed by atoms with Gasteiger partial charge in [0.25, 0.3) is 0 Å². The fourth-order valence-corrected chi connectivity index (χ4v) is 2.28. The molecule has 3 aromatic rings. The maximum atomic E-state index is 13.5. The SMILES string of the molecule is Cc1ccc(F)cc1-c1nc(-c2ccccc2)n(N)c1N. The van der Waals surface area contributed by atoms with E-state index in [-0.39, 0.29) is 5.82 Å². The second-order valence-electron chi connectivity index (χ2n) is 4.86. The van der Waals surface area contributed by atoms with E-state index in [9.17, 15) is 4.39 Å². The maximum Gasteiger partial charge on any atom is 0.160 e. The van der Waals surface area contributed by atoms with E-state index in [0.29, 0.717) is 22.9 Å². The van der Waals surface area contributed by atoms with Crippen LogP contribution in [0.25, 0.3) is 22.6 Å². The van der Waals surface area contributed by atoms with E-state index in [0.717, 1.165) is 11.1 Å². The number of nitrogens with zero attached hydrogens (tertiary/aromatic N) is 2. The van der Waals surface area contributed by atoms with Gasteiger partial charge in [-0.2, -0.15) is 0 Å². The summed E-state index contributed by atoms with van der Waals surface area (Å²) in [7, 11) is 0. The number of anilines is 1. The molecular formula is C16H15FN4. The summed E-state index contributed by atoms with van der Waals surface area (Å²) in [6.07, 6.45) is 0. The number of aryl methyl sites for hydroxylation is 1. The molecule has 0 atom stereocenters. The molecule has 0 spiro atoms. The summed E-state index contributed by atoms with van der Waals surface area (Å²) < 4.78 is 14.8. The zero-order chi connectivity index (χ0) is 15.0. The van der Waals surface area contributed by atoms with Gasteiger partial charge in [-0.15, -0.1) is 0 Å². The summed E-state index contributed by atoms with van der Waals surface area (Å²) in [5.74, 6) is 6.52. The highest BCUT2D eigenvalue weighted by atomic mass is 19.1. The molecule has 1 aromatic heterocycles. The molecule has 4 nitrogen and oxygen atoms in total. The first-order valence-electron chi connectivity index (χ1n) is 6.53. The monoisotopic (exact) mass is 282 g/mol. The molecule has 0 aliphatic heterocycles. The number of imidazole rings is 1. The van der Waals surface area contributed by atoms with E-state index < -0.39 is 0 Å². The Kier molecular flexibility index (Phi) is 3.10. The van der Waals surface area contributed by atoms with Crippen LogP contribution in [0.5, 0.6) is 0 Å². The fourth-order valence-electron chi connectivity index (χ4n) is 2.28. The number of rotatable bonds is 2. The number of nitrogen functional groups attached to an aromatic ring is 2. The minimum absolute atomic E-state index is 0.308. The van der Waals surface area contributed by atoms with E-state index in [2.05, 4.69) is 4.98 Å². The fraction of sp³-hybridized carbons (Fsp3) is 0.0625. The van der Waals surface area contributed by atoms with Gasteiger partial charge in [0.2, 0.25) is 0 Å². The third kappa shape index (κ3) is 2.23. The molecule has 0 aliphatic carbocycles. The molecule has 2 aromatic carbocycles. The van der Waals surface area contributed by atoms with Crippen LogP contribution in [0.1, 0.15) is 5.56 Å². The smallest absolute Gasteiger partial charge is 0.160 e. The van der Waals surface area contributed by atoms with Gasteiger partial charge in [0.15, 0.2) is 11.6 Å². The van der Waals surface area contributed by atoms with Gasteiger partial charge in [-0.3, -0.25) is 0 Å². The zero-order valence-electron chi connectivity index (χ0n) is 11.5. The summed E-state index contributed by atoms with van der Waals surface area (Å²) in [6, 6.07) is 14.0. The maximum absolute atomic E-state index is 13.5. The van der Waals surface area contributed by atoms with Crippen LogP contribution in [0.4, 0.5) is 10.2 Å². The summed E-state index contributed by atoms with van der Waals surface area (Å²) in [6.45, 7) is 1.88. The van der Waals surface area contributed by atoms with Crippen molar-refractivity contribution in [3.63, 3.8) is 0 Å². The Morgan fingerprint density at radius 1 is 1.10 bits per heavy atom. The van der Waals surface area contributed by atoms with Crippen LogP contribution in [-0.4, -0.2) is 9.66 Å². The minimum atomic E-state index is -0.331. The van der Waals surface area contributed by atoms with E-state index in [1.165, 1.54) is 16.8 Å². The lowest BCUT2D eigenvalue weighted by Gasteiger charge is -2.04. The first kappa shape index (κ1) is 13.2. The summed E-state index contributed by atoms with van der Waals surface area (Å²) in [5, 5.41) is 0. The van der Waals surface area contributed by atoms with Crippen LogP contribution in [0, 0.1) is 12.7 Å². The molecule has 1 heterocycles. The topological polar surface area (TPSA) is 69.9 Å². The highest BCUT2D eigenvalue weighted by Crippen LogP contribution is 2.31. The van der Waals surface area contributed by atoms with Crippen molar-refractivity contribution in [1.29, 1.82) is 0 Å². The lowest BCUT2D eigenvalue weighted by molar-refractivity contribution is 0.628. The molecule has 21 heavy (non-hydrogen) atoms. The minimum Gasteiger partial charge on any atom is -0.382 e. The second kappa shape index (κ2) is 4.94. The zero-order valence-corrected chi connectivity index (χ0v) is 11.5. The highest BCUT2D eigenvalue weighted by Gasteiger charge is 2.17. The lowest BCUT2D eigenvalue weighted by atomic mass is 10.1. The predicted octanol–water partition coefficient (Wildman–Crippen LogP) is 2.96. The number of hydrogen-bond acceptors (Lipinski definition) is 3. The number of hydrogen-bond donors (Lipinski definition) is 2. The van der Waals surface area contributed by atoms with Gasteiger partial charge in [0.05, 0.1) is 0 Å². The van der Waals surface area contributed by atoms with Crippen LogP contribution in [-0.2, 0) is 0 Å². The molecular weight excluding hydrogens is 267 g/mol. The first-order chi connectivity index (χ1) is 10.1. The van der Waals surface area contributed by atoms with Crippen molar-refractivity contribution in [2.75, 3.05) is 11.6 Å². The quantitative estimate of drug-likeness (QED) is 0.710. The molecule has 3 rings (SSSR count). The van der Waals surface area contributed by atoms with Crippen LogP contribution >= 0.6 is 0 Å². The van der Waals surface area contributed by atoms with Crippen molar-refractivity contribution in [3.05, 3.63) is 59.9 Å². The molecule has 4 N–H and O–H groups in total. The van der Waals surface area contributed by atoms with E-state index in [4.69, 9.17) is 11.6 Å². The van der Waals surface area contributed by atoms with Crippen LogP contribution < -0.4 is 11.6 Å². The Labute approximate surface area is 121 Å². The van der Waals surface area contributed by atoms with Gasteiger partial charge in [-0.25, -0.2) is 14.1 Å². The number of benzene rings is 2. The van der Waals surface area contributed by atoms with Crippen molar-refractivity contribution < 1.29 is 4.39 Å². The van der Waals surface area contributed by atoms with Gasteiger partial charge in [0, 0.05) is 11.1 Å². The molecule has 0 aliphatic rings. The number of nitrogens with two attached hydrogens (primary N) is 2. The van der Waals surface area contributed by atoms with E-state index in [1.54, 1.807) is 6.07 Å². The summed E-state index contributed by atoms with van der Waals surface area (Å²) in [5.41, 5.74) is 8.93. The third-order valence-corrected chi connectivity index (χ3v) is 3.43. The molecule has 5 heteroatoms. The molecule has 0 unspecified atom stereocenters. The Hall–Kier alpha value is -2.82. The molecule has 0 radical (unpaired) electrons. The Morgan fingerprint density at radius 3 is 2.52 bits per heavy atom. The average Bonchev–Trinajstić information content (AvgIpc) is 2.79. The molecule has 0 amide bonds. The van der Waals surface area contributed by atoms with Gasteiger partial charge < -0.3 is 11.6 Å². The Balaban J connectivity index is 2.20. The van der Waals surface area contributed by atoms with Crippen molar-refractivity contribution in [3.8, 4) is 22.6 Å². The number of halogens is 1. The molecule has 0 bridgehead atoms. The van der Waals surface area contributed by atoms with Gasteiger partial charge in [0.1, 0.15) is 11.5 Å². The highest BCUT2D eigenvalue weighted by molar-refractivity contribution is 5.77. The Morgan fingerprint density at radius 2 is 1.81 bits per heavy atom. The molecule has 0 fully saturated rings. The molecule has 0 saturated heterocycles. The van der Waals surface area contributed by atoms with Gasteiger partial charge in [-0.05, 0) is 24.6 Å².